The Morgan fingerprint density at radius 2 is 1.87 bits per heavy atom. The summed E-state index contributed by atoms with van der Waals surface area (Å²) in [4.78, 5) is 11.5. The molecule has 0 aliphatic carbocycles. The van der Waals surface area contributed by atoms with Crippen LogP contribution in [-0.2, 0) is 6.54 Å². The number of fused-ring (bicyclic) bond motifs is 1. The van der Waals surface area contributed by atoms with Crippen LogP contribution in [0.3, 0.4) is 0 Å². The molecule has 2 aromatic carbocycles. The second-order valence-electron chi connectivity index (χ2n) is 7.36. The second-order valence-corrected chi connectivity index (χ2v) is 7.80. The molecule has 0 spiro atoms. The van der Waals surface area contributed by atoms with Gasteiger partial charge in [-0.25, -0.2) is 9.67 Å². The topological polar surface area (TPSA) is 84.9 Å². The van der Waals surface area contributed by atoms with Crippen molar-refractivity contribution in [1.82, 2.24) is 24.6 Å². The van der Waals surface area contributed by atoms with Crippen molar-refractivity contribution in [2.45, 2.75) is 6.54 Å². The first kappa shape index (κ1) is 20.1. The van der Waals surface area contributed by atoms with E-state index in [1.54, 1.807) is 4.68 Å². The van der Waals surface area contributed by atoms with E-state index in [-0.39, 0.29) is 0 Å². The molecule has 0 amide bonds. The average Bonchev–Trinajstić information content (AvgIpc) is 3.03. The molecule has 8 heteroatoms. The molecule has 3 N–H and O–H groups in total. The summed E-state index contributed by atoms with van der Waals surface area (Å²) in [6.07, 6.45) is 0. The summed E-state index contributed by atoms with van der Waals surface area (Å²) in [5.74, 6) is 1.05. The predicted octanol–water partition coefficient (Wildman–Crippen LogP) is 3.75. The van der Waals surface area contributed by atoms with Gasteiger partial charge < -0.3 is 16.0 Å². The molecular weight excluding hydrogens is 398 g/mol. The van der Waals surface area contributed by atoms with Crippen LogP contribution in [0.4, 0.5) is 11.8 Å². The van der Waals surface area contributed by atoms with Gasteiger partial charge in [-0.05, 0) is 31.8 Å². The number of benzene rings is 2. The van der Waals surface area contributed by atoms with Crippen molar-refractivity contribution in [3.63, 3.8) is 0 Å². The van der Waals surface area contributed by atoms with Crippen molar-refractivity contribution in [3.05, 3.63) is 65.2 Å². The van der Waals surface area contributed by atoms with Crippen molar-refractivity contribution >= 4 is 34.4 Å². The van der Waals surface area contributed by atoms with Gasteiger partial charge in [-0.2, -0.15) is 4.98 Å². The molecular formula is C22H24ClN7. The van der Waals surface area contributed by atoms with Crippen LogP contribution in [0.25, 0.3) is 22.3 Å². The van der Waals surface area contributed by atoms with Crippen LogP contribution in [-0.4, -0.2) is 51.8 Å². The first-order chi connectivity index (χ1) is 14.5. The first-order valence-corrected chi connectivity index (χ1v) is 10.1. The first-order valence-electron chi connectivity index (χ1n) is 9.74. The number of hydrogen-bond acceptors (Lipinski definition) is 6. The molecule has 0 aliphatic rings. The number of halogens is 1. The van der Waals surface area contributed by atoms with Gasteiger partial charge >= 0.3 is 0 Å². The van der Waals surface area contributed by atoms with E-state index in [1.807, 2.05) is 68.7 Å². The van der Waals surface area contributed by atoms with Crippen LogP contribution in [0.2, 0.25) is 5.02 Å². The molecule has 0 fully saturated rings. The van der Waals surface area contributed by atoms with E-state index in [0.717, 1.165) is 23.1 Å². The number of anilines is 2. The molecule has 0 atom stereocenters. The molecule has 0 saturated carbocycles. The normalized spacial score (nSPS) is 11.3. The highest BCUT2D eigenvalue weighted by Crippen LogP contribution is 2.32. The molecule has 4 rings (SSSR count). The van der Waals surface area contributed by atoms with Gasteiger partial charge in [0.25, 0.3) is 0 Å². The Balaban J connectivity index is 1.80. The van der Waals surface area contributed by atoms with Gasteiger partial charge in [-0.3, -0.25) is 0 Å². The molecule has 7 nitrogen and oxygen atoms in total. The summed E-state index contributed by atoms with van der Waals surface area (Å²) in [6.45, 7) is 2.13. The monoisotopic (exact) mass is 421 g/mol. The van der Waals surface area contributed by atoms with Crippen LogP contribution in [0.15, 0.2) is 54.6 Å². The van der Waals surface area contributed by atoms with Gasteiger partial charge in [0.15, 0.2) is 5.65 Å². The highest BCUT2D eigenvalue weighted by molar-refractivity contribution is 6.30. The van der Waals surface area contributed by atoms with E-state index in [2.05, 4.69) is 20.3 Å². The molecule has 0 saturated heterocycles. The van der Waals surface area contributed by atoms with Crippen LogP contribution in [0.1, 0.15) is 5.56 Å². The Morgan fingerprint density at radius 3 is 2.60 bits per heavy atom. The molecule has 0 radical (unpaired) electrons. The summed E-state index contributed by atoms with van der Waals surface area (Å²) in [7, 11) is 4.05. The molecule has 2 aromatic heterocycles. The van der Waals surface area contributed by atoms with Crippen LogP contribution in [0, 0.1) is 0 Å². The van der Waals surface area contributed by atoms with E-state index < -0.39 is 0 Å². The third-order valence-corrected chi connectivity index (χ3v) is 4.99. The maximum Gasteiger partial charge on any atom is 0.225 e. The molecule has 0 aliphatic heterocycles. The van der Waals surface area contributed by atoms with Gasteiger partial charge in [0, 0.05) is 23.7 Å². The molecule has 0 bridgehead atoms. The van der Waals surface area contributed by atoms with Gasteiger partial charge in [0.1, 0.15) is 5.82 Å². The number of hydrogen-bond donors (Lipinski definition) is 2. The molecule has 4 aromatic rings. The Labute approximate surface area is 180 Å². The lowest BCUT2D eigenvalue weighted by molar-refractivity contribution is 0.425. The lowest BCUT2D eigenvalue weighted by Gasteiger charge is -2.11. The number of nitrogen functional groups attached to an aromatic ring is 1. The maximum absolute atomic E-state index is 6.51. The fourth-order valence-electron chi connectivity index (χ4n) is 3.25. The predicted molar refractivity (Wildman–Crippen MR) is 123 cm³/mol. The van der Waals surface area contributed by atoms with E-state index in [9.17, 15) is 0 Å². The minimum atomic E-state index is 0.517. The Morgan fingerprint density at radius 1 is 1.07 bits per heavy atom. The van der Waals surface area contributed by atoms with Crippen LogP contribution < -0.4 is 11.1 Å². The number of nitrogens with one attached hydrogen (secondary N) is 1. The summed E-state index contributed by atoms with van der Waals surface area (Å²) < 4.78 is 1.77. The minimum Gasteiger partial charge on any atom is -0.383 e. The van der Waals surface area contributed by atoms with Crippen molar-refractivity contribution in [2.75, 3.05) is 38.2 Å². The fraction of sp³-hybridized carbons (Fsp3) is 0.227. The van der Waals surface area contributed by atoms with E-state index in [0.29, 0.717) is 41.2 Å². The number of aromatic nitrogens is 4. The van der Waals surface area contributed by atoms with Crippen molar-refractivity contribution in [3.8, 4) is 11.3 Å². The SMILES string of the molecule is CN(C)CCNc1nc(-c2cccc(Cl)c2)c2c(N)n(Cc3ccccc3)nc2n1. The summed E-state index contributed by atoms with van der Waals surface area (Å²) >= 11 is 6.24. The third-order valence-electron chi connectivity index (χ3n) is 4.75. The Hall–Kier alpha value is -3.16. The average molecular weight is 422 g/mol. The summed E-state index contributed by atoms with van der Waals surface area (Å²) in [5, 5.41) is 9.33. The Kier molecular flexibility index (Phi) is 5.83. The van der Waals surface area contributed by atoms with Crippen molar-refractivity contribution < 1.29 is 0 Å². The number of likely N-dealkylation sites (N-methyl/N-ethyl adjacent to an activating group) is 1. The van der Waals surface area contributed by atoms with Crippen molar-refractivity contribution in [2.24, 2.45) is 0 Å². The van der Waals surface area contributed by atoms with E-state index in [4.69, 9.17) is 22.3 Å². The van der Waals surface area contributed by atoms with Crippen LogP contribution >= 0.6 is 11.6 Å². The second kappa shape index (κ2) is 8.69. The quantitative estimate of drug-likeness (QED) is 0.472. The van der Waals surface area contributed by atoms with Gasteiger partial charge in [-0.1, -0.05) is 54.1 Å². The number of nitrogens with zero attached hydrogens (tertiary/aromatic N) is 5. The zero-order valence-corrected chi connectivity index (χ0v) is 17.8. The van der Waals surface area contributed by atoms with Crippen LogP contribution in [0.5, 0.6) is 0 Å². The standard InChI is InChI=1S/C22H24ClN7/c1-29(2)12-11-25-22-26-19(16-9-6-10-17(23)13-16)18-20(24)30(28-21(18)27-22)14-15-7-4-3-5-8-15/h3-10,13H,11-12,14,24H2,1-2H3,(H,25,27,28). The lowest BCUT2D eigenvalue weighted by atomic mass is 10.1. The zero-order valence-electron chi connectivity index (χ0n) is 17.0. The largest absolute Gasteiger partial charge is 0.383 e. The maximum atomic E-state index is 6.51. The number of nitrogens with two attached hydrogens (primary N) is 1. The highest BCUT2D eigenvalue weighted by Gasteiger charge is 2.18. The van der Waals surface area contributed by atoms with Gasteiger partial charge in [0.05, 0.1) is 17.6 Å². The highest BCUT2D eigenvalue weighted by atomic mass is 35.5. The third kappa shape index (κ3) is 4.37. The Bertz CT molecular complexity index is 1160. The minimum absolute atomic E-state index is 0.517. The smallest absolute Gasteiger partial charge is 0.225 e. The van der Waals surface area contributed by atoms with Gasteiger partial charge in [0.2, 0.25) is 5.95 Å². The number of rotatable bonds is 7. The molecule has 30 heavy (non-hydrogen) atoms. The van der Waals surface area contributed by atoms with Crippen molar-refractivity contribution in [1.29, 1.82) is 0 Å². The molecule has 2 heterocycles. The lowest BCUT2D eigenvalue weighted by Crippen LogP contribution is -2.21. The molecule has 154 valence electrons. The van der Waals surface area contributed by atoms with Gasteiger partial charge in [-0.15, -0.1) is 5.10 Å². The summed E-state index contributed by atoms with van der Waals surface area (Å²) in [6, 6.07) is 17.6. The van der Waals surface area contributed by atoms with E-state index in [1.165, 1.54) is 0 Å². The molecule has 0 unspecified atom stereocenters. The fourth-order valence-corrected chi connectivity index (χ4v) is 3.44. The van der Waals surface area contributed by atoms with E-state index >= 15 is 0 Å². The zero-order chi connectivity index (χ0) is 21.1. The summed E-state index contributed by atoms with van der Waals surface area (Å²) in [5.41, 5.74) is 9.77.